The Morgan fingerprint density at radius 1 is 0.698 bits per heavy atom. The summed E-state index contributed by atoms with van der Waals surface area (Å²) in [5.74, 6) is -0.252. The summed E-state index contributed by atoms with van der Waals surface area (Å²) in [5.41, 5.74) is 2.57. The van der Waals surface area contributed by atoms with Crippen LogP contribution < -0.4 is 38.1 Å². The van der Waals surface area contributed by atoms with Crippen LogP contribution in [0.25, 0.3) is 22.3 Å². The molecule has 5 amide bonds. The third kappa shape index (κ3) is 12.0. The highest BCUT2D eigenvalue weighted by Crippen LogP contribution is 2.17. The molecule has 7 aromatic rings. The van der Waals surface area contributed by atoms with E-state index in [9.17, 15) is 33.6 Å². The van der Waals surface area contributed by atoms with E-state index < -0.39 is 6.17 Å². The molecule has 0 radical (unpaired) electrons. The lowest BCUT2D eigenvalue weighted by Gasteiger charge is -2.25. The van der Waals surface area contributed by atoms with Gasteiger partial charge in [-0.3, -0.25) is 39.3 Å². The Morgan fingerprint density at radius 2 is 1.30 bits per heavy atom. The van der Waals surface area contributed by atoms with Crippen molar-refractivity contribution >= 4 is 57.8 Å². The molecule has 0 saturated carbocycles. The Kier molecular flexibility index (Phi) is 14.9. The molecule has 1 unspecified atom stereocenters. The molecule has 6 heterocycles. The molecule has 6 N–H and O–H groups in total. The number of aryl methyl sites for hydroxylation is 4. The van der Waals surface area contributed by atoms with Crippen LogP contribution in [0, 0.1) is 12.8 Å². The Balaban J connectivity index is 0.000000162. The number of amides is 5. The monoisotopic (exact) mass is 859 g/mol. The number of hydrogen-bond acceptors (Lipinski definition) is 12. The zero-order valence-corrected chi connectivity index (χ0v) is 35.3. The number of fused-ring (bicyclic) bond motifs is 2. The predicted molar refractivity (Wildman–Crippen MR) is 233 cm³/mol. The summed E-state index contributed by atoms with van der Waals surface area (Å²) in [6.45, 7) is 5.17. The molecule has 0 bridgehead atoms. The number of nitrogens with zero attached hydrogens (tertiary/aromatic N) is 9. The number of benzene rings is 2. The van der Waals surface area contributed by atoms with Crippen LogP contribution in [0.2, 0.25) is 0 Å². The van der Waals surface area contributed by atoms with E-state index in [1.165, 1.54) is 28.3 Å². The maximum Gasteiger partial charge on any atom is 0.328 e. The van der Waals surface area contributed by atoms with Gasteiger partial charge in [-0.15, -0.1) is 0 Å². The summed E-state index contributed by atoms with van der Waals surface area (Å²) in [6, 6.07) is 17.6. The van der Waals surface area contributed by atoms with Crippen molar-refractivity contribution in [3.63, 3.8) is 0 Å². The SMILES string of the molecule is CC(C)C(=O)Nc1nc2c(ncn2C)c(=O)[nH]1.CN1C=CC(NC(=O)c2ccccc2)NC1=O.Cc1cn(C)c(=O)[nH]c1=O.Cn1cnc2c(NC(=O)c3ccccc3)ncnc21. The molecule has 8 rings (SSSR count). The number of aromatic amines is 2. The van der Waals surface area contributed by atoms with Crippen LogP contribution in [0.5, 0.6) is 0 Å². The van der Waals surface area contributed by atoms with E-state index in [1.807, 2.05) is 31.3 Å². The number of imidazole rings is 2. The first kappa shape index (κ1) is 45.5. The molecule has 326 valence electrons. The first-order valence-corrected chi connectivity index (χ1v) is 19.1. The van der Waals surface area contributed by atoms with Gasteiger partial charge in [0.2, 0.25) is 11.9 Å². The van der Waals surface area contributed by atoms with Gasteiger partial charge < -0.3 is 34.6 Å². The molecule has 0 aliphatic carbocycles. The number of nitrogens with one attached hydrogen (secondary N) is 6. The van der Waals surface area contributed by atoms with E-state index >= 15 is 0 Å². The van der Waals surface area contributed by atoms with Gasteiger partial charge in [-0.05, 0) is 37.3 Å². The van der Waals surface area contributed by atoms with Crippen molar-refractivity contribution in [3.8, 4) is 0 Å². The molecule has 0 fully saturated rings. The highest BCUT2D eigenvalue weighted by molar-refractivity contribution is 6.06. The maximum atomic E-state index is 12.1. The molecule has 5 aromatic heterocycles. The van der Waals surface area contributed by atoms with Gasteiger partial charge in [-0.25, -0.2) is 29.5 Å². The first-order chi connectivity index (χ1) is 30.0. The second-order valence-corrected chi connectivity index (χ2v) is 14.1. The van der Waals surface area contributed by atoms with Crippen molar-refractivity contribution in [1.82, 2.24) is 64.1 Å². The van der Waals surface area contributed by atoms with Crippen LogP contribution in [-0.2, 0) is 25.9 Å². The van der Waals surface area contributed by atoms with Gasteiger partial charge in [0.1, 0.15) is 12.5 Å². The largest absolute Gasteiger partial charge is 0.328 e. The van der Waals surface area contributed by atoms with Crippen molar-refractivity contribution in [3.05, 3.63) is 146 Å². The molecule has 63 heavy (non-hydrogen) atoms. The minimum absolute atomic E-state index is 0.143. The van der Waals surface area contributed by atoms with Gasteiger partial charge in [0.05, 0.1) is 12.7 Å². The molecular formula is C41H45N15O7. The van der Waals surface area contributed by atoms with E-state index in [4.69, 9.17) is 0 Å². The predicted octanol–water partition coefficient (Wildman–Crippen LogP) is 2.16. The van der Waals surface area contributed by atoms with E-state index in [-0.39, 0.29) is 57.9 Å². The van der Waals surface area contributed by atoms with Crippen molar-refractivity contribution in [2.24, 2.45) is 27.1 Å². The fourth-order valence-electron chi connectivity index (χ4n) is 5.30. The summed E-state index contributed by atoms with van der Waals surface area (Å²) >= 11 is 0. The fourth-order valence-corrected chi connectivity index (χ4v) is 5.30. The minimum atomic E-state index is -0.466. The van der Waals surface area contributed by atoms with Gasteiger partial charge in [0.25, 0.3) is 22.9 Å². The standard InChI is InChI=1S/C13H11N5O.C12H13N3O2.C10H13N5O2.C6H8N2O2/c1-18-8-16-10-11(14-7-15-12(10)18)17-13(19)9-5-3-2-4-6-9;1-15-8-7-10(14-12(15)17)13-11(16)9-5-3-2-4-6-9;1-5(2)8(16)13-10-12-7-6(9(17)14-10)11-4-15(7)3;1-4-3-8(2)6(10)7-5(4)9/h2-8H,1H3,(H,14,15,17,19);2-8,10H,1H3,(H,13,16)(H,14,17);4-5H,1-3H3,(H2,12,13,14,16,17);3H,1-2H3,(H,7,9,10). The fraction of sp³-hybridized carbons (Fsp3) is 0.220. The molecular weight excluding hydrogens is 815 g/mol. The maximum absolute atomic E-state index is 12.1. The lowest BCUT2D eigenvalue weighted by molar-refractivity contribution is -0.118. The number of anilines is 2. The van der Waals surface area contributed by atoms with Gasteiger partial charge in [0.15, 0.2) is 28.1 Å². The van der Waals surface area contributed by atoms with Crippen molar-refractivity contribution in [2.45, 2.75) is 26.9 Å². The van der Waals surface area contributed by atoms with E-state index in [0.29, 0.717) is 39.3 Å². The van der Waals surface area contributed by atoms with E-state index in [2.05, 4.69) is 56.2 Å². The number of urea groups is 1. The molecule has 1 aliphatic rings. The Bertz CT molecular complexity index is 2920. The smallest absolute Gasteiger partial charge is 0.328 e. The Labute approximate surface area is 358 Å². The van der Waals surface area contributed by atoms with Crippen LogP contribution in [0.15, 0.2) is 113 Å². The minimum Gasteiger partial charge on any atom is -0.328 e. The number of carbonyl (C=O) groups excluding carboxylic acids is 4. The molecule has 22 nitrogen and oxygen atoms in total. The average molecular weight is 860 g/mol. The Hall–Kier alpha value is -8.56. The normalized spacial score (nSPS) is 12.8. The lowest BCUT2D eigenvalue weighted by Crippen LogP contribution is -2.52. The average Bonchev–Trinajstić information content (AvgIpc) is 3.85. The van der Waals surface area contributed by atoms with Crippen molar-refractivity contribution in [1.29, 1.82) is 0 Å². The second-order valence-electron chi connectivity index (χ2n) is 14.1. The zero-order chi connectivity index (χ0) is 45.8. The first-order valence-electron chi connectivity index (χ1n) is 19.1. The third-order valence-electron chi connectivity index (χ3n) is 8.81. The molecule has 0 saturated heterocycles. The number of carbonyl (C=O) groups is 4. The van der Waals surface area contributed by atoms with Crippen LogP contribution >= 0.6 is 0 Å². The summed E-state index contributed by atoms with van der Waals surface area (Å²) in [6.07, 6.45) is 8.91. The Morgan fingerprint density at radius 3 is 1.90 bits per heavy atom. The van der Waals surface area contributed by atoms with Gasteiger partial charge in [-0.1, -0.05) is 50.2 Å². The topological polar surface area (TPSA) is 282 Å². The molecule has 1 atom stereocenters. The summed E-state index contributed by atoms with van der Waals surface area (Å²) < 4.78 is 4.72. The number of aromatic nitrogens is 10. The number of hydrogen-bond donors (Lipinski definition) is 6. The molecule has 22 heteroatoms. The van der Waals surface area contributed by atoms with Crippen LogP contribution in [0.1, 0.15) is 40.1 Å². The van der Waals surface area contributed by atoms with Gasteiger partial charge >= 0.3 is 11.7 Å². The molecule has 1 aliphatic heterocycles. The summed E-state index contributed by atoms with van der Waals surface area (Å²) in [7, 11) is 6.80. The highest BCUT2D eigenvalue weighted by atomic mass is 16.2. The van der Waals surface area contributed by atoms with Gasteiger partial charge in [-0.2, -0.15) is 4.98 Å². The van der Waals surface area contributed by atoms with Crippen LogP contribution in [0.4, 0.5) is 16.6 Å². The third-order valence-corrected chi connectivity index (χ3v) is 8.81. The van der Waals surface area contributed by atoms with Gasteiger partial charge in [0, 0.05) is 63.2 Å². The van der Waals surface area contributed by atoms with Crippen LogP contribution in [-0.4, -0.2) is 90.5 Å². The summed E-state index contributed by atoms with van der Waals surface area (Å²) in [5, 5.41) is 10.6. The van der Waals surface area contributed by atoms with Crippen LogP contribution in [0.3, 0.4) is 0 Å². The van der Waals surface area contributed by atoms with Crippen molar-refractivity contribution in [2.75, 3.05) is 17.7 Å². The highest BCUT2D eigenvalue weighted by Gasteiger charge is 2.19. The van der Waals surface area contributed by atoms with E-state index in [1.54, 1.807) is 106 Å². The molecule has 2 aromatic carbocycles. The quantitative estimate of drug-likeness (QED) is 0.140. The lowest BCUT2D eigenvalue weighted by atomic mass is 10.2. The number of rotatable bonds is 6. The van der Waals surface area contributed by atoms with Crippen molar-refractivity contribution < 1.29 is 19.2 Å². The number of H-pyrrole nitrogens is 2. The van der Waals surface area contributed by atoms with E-state index in [0.717, 1.165) is 0 Å². The second kappa shape index (κ2) is 20.6. The zero-order valence-electron chi connectivity index (χ0n) is 35.3. The molecule has 0 spiro atoms. The summed E-state index contributed by atoms with van der Waals surface area (Å²) in [4.78, 5) is 106.